The second kappa shape index (κ2) is 78.7. The fourth-order valence-electron chi connectivity index (χ4n) is 0. The zero-order valence-electron chi connectivity index (χ0n) is 6.11. The molecule has 0 fully saturated rings. The third-order valence-corrected chi connectivity index (χ3v) is 0. The van der Waals surface area contributed by atoms with Gasteiger partial charge in [-0.25, -0.2) is 0 Å². The van der Waals surface area contributed by atoms with Crippen LogP contribution in [0.4, 0.5) is 0 Å². The molecule has 0 aromatic heterocycles. The van der Waals surface area contributed by atoms with Gasteiger partial charge in [0, 0.05) is 49.4 Å². The van der Waals surface area contributed by atoms with E-state index in [4.69, 9.17) is 31.8 Å². The van der Waals surface area contributed by atoms with Crippen LogP contribution in [0.15, 0.2) is 0 Å². The second-order valence-corrected chi connectivity index (χ2v) is 1.26. The van der Waals surface area contributed by atoms with Crippen LogP contribution in [0.2, 0.25) is 0 Å². The van der Waals surface area contributed by atoms with Crippen LogP contribution >= 0.6 is 0 Å². The van der Waals surface area contributed by atoms with Crippen molar-refractivity contribution in [1.29, 1.82) is 0 Å². The standard InChI is InChI=1S/4Al.Ba.Eu.Mg.4H2O.4O.4H/h;;;;;;;4*1H2;;;;;;;;/q4*+1;;;;;;;;;;;;;;;/p-4. The molecule has 1 radical (unpaired) electrons. The molecule has 0 saturated carbocycles. The number of rotatable bonds is 0. The van der Waals surface area contributed by atoms with E-state index in [1.165, 1.54) is 0 Å². The van der Waals surface area contributed by atoms with Crippen molar-refractivity contribution < 1.29 is 81.2 Å². The van der Waals surface area contributed by atoms with Crippen molar-refractivity contribution >= 4 is 134 Å². The molecule has 8 nitrogen and oxygen atoms in total. The van der Waals surface area contributed by atoms with E-state index >= 15 is 0 Å². The minimum absolute atomic E-state index is 0. The van der Waals surface area contributed by atoms with Crippen molar-refractivity contribution in [3.8, 4) is 0 Å². The average molecular weight is 558 g/mol. The van der Waals surface area contributed by atoms with Crippen LogP contribution in [0.3, 0.4) is 0 Å². The zero-order valence-corrected chi connectivity index (χ0v) is 13.2. The van der Waals surface area contributed by atoms with Gasteiger partial charge in [-0.3, -0.25) is 0 Å². The summed E-state index contributed by atoms with van der Waals surface area (Å²) in [5.41, 5.74) is 0. The van der Waals surface area contributed by atoms with E-state index in [0.29, 0.717) is 0 Å². The molecule has 0 unspecified atom stereocenters. The van der Waals surface area contributed by atoms with Gasteiger partial charge in [0.15, 0.2) is 0 Å². The van der Waals surface area contributed by atoms with Crippen LogP contribution < -0.4 is 0 Å². The van der Waals surface area contributed by atoms with Gasteiger partial charge in [0.1, 0.15) is 0 Å². The second-order valence-electron chi connectivity index (χ2n) is 0.422. The van der Waals surface area contributed by atoms with Crippen LogP contribution in [0.5, 0.6) is 0 Å². The maximum absolute atomic E-state index is 8.57. The van der Waals surface area contributed by atoms with Gasteiger partial charge in [-0.2, -0.15) is 0 Å². The maximum atomic E-state index is 8.57. The van der Waals surface area contributed by atoms with Crippen molar-refractivity contribution in [1.82, 2.24) is 0 Å². The van der Waals surface area contributed by atoms with Crippen molar-refractivity contribution in [2.75, 3.05) is 0 Å². The average Bonchev–Trinajstić information content (AvgIpc) is 1.92. The van der Waals surface area contributed by atoms with Crippen molar-refractivity contribution in [2.24, 2.45) is 0 Å². The summed E-state index contributed by atoms with van der Waals surface area (Å²) in [6.45, 7) is 0. The first-order valence-electron chi connectivity index (χ1n) is 1.98. The van der Waals surface area contributed by atoms with Gasteiger partial charge in [-0.1, -0.05) is 0 Å². The van der Waals surface area contributed by atoms with Gasteiger partial charge >= 0.3 is 166 Å². The third-order valence-electron chi connectivity index (χ3n) is 0. The van der Waals surface area contributed by atoms with E-state index in [1.807, 2.05) is 0 Å². The van der Waals surface area contributed by atoms with Gasteiger partial charge in [-0.15, -0.1) is 0 Å². The molecule has 0 atom stereocenters. The first kappa shape index (κ1) is 42.7. The molecule has 0 aliphatic carbocycles. The Morgan fingerprint density at radius 1 is 0.600 bits per heavy atom. The molecule has 79 valence electrons. The summed E-state index contributed by atoms with van der Waals surface area (Å²) in [6.07, 6.45) is 0. The molecular formula is H8Al4BaEuMgO8. The summed E-state index contributed by atoms with van der Waals surface area (Å²) >= 11 is -6.00. The molecule has 0 heterocycles. The first-order valence-corrected chi connectivity index (χ1v) is 5.93. The van der Waals surface area contributed by atoms with Crippen LogP contribution in [-0.2, 0) is 15.2 Å². The Morgan fingerprint density at radius 2 is 0.600 bits per heavy atom. The fraction of sp³-hybridized carbons (Fsp3) is 0. The zero-order chi connectivity index (χ0) is 10.8. The monoisotopic (exact) mass is 559 g/mol. The van der Waals surface area contributed by atoms with Crippen molar-refractivity contribution in [3.63, 3.8) is 0 Å². The van der Waals surface area contributed by atoms with E-state index < -0.39 is 61.9 Å². The summed E-state index contributed by atoms with van der Waals surface area (Å²) in [5.74, 6) is 0. The molecule has 0 saturated heterocycles. The number of hydrogen-bond acceptors (Lipinski definition) is 4. The Kier molecular flexibility index (Phi) is 224. The van der Waals surface area contributed by atoms with Gasteiger partial charge in [-0.05, 0) is 0 Å². The molecule has 0 aromatic rings. The van der Waals surface area contributed by atoms with Crippen LogP contribution in [0, 0.1) is 49.4 Å². The molecule has 0 spiro atoms. The number of hydrogen-bond donors (Lipinski definition) is 4. The van der Waals surface area contributed by atoms with Crippen LogP contribution in [-0.4, -0.2) is 151 Å². The van der Waals surface area contributed by atoms with Gasteiger partial charge in [0.2, 0.25) is 0 Å². The fourth-order valence-corrected chi connectivity index (χ4v) is 0. The summed E-state index contributed by atoms with van der Waals surface area (Å²) in [5, 5.41) is 0. The molecule has 0 aromatic carbocycles. The SMILES string of the molecule is [BaH2].[Eu].[MgH2].[O]=[Al][OH].[O]=[Al][OH].[O]=[Al][OH].[O]=[Al][OH]. The van der Waals surface area contributed by atoms with Crippen molar-refractivity contribution in [3.05, 3.63) is 0 Å². The van der Waals surface area contributed by atoms with Crippen LogP contribution in [0.1, 0.15) is 0 Å². The molecule has 0 rings (SSSR count). The third kappa shape index (κ3) is 252. The normalized spacial score (nSPS) is 2.13. The van der Waals surface area contributed by atoms with E-state index in [0.717, 1.165) is 0 Å². The minimum atomic E-state index is -1.50. The molecule has 0 aliphatic rings. The molecule has 15 heavy (non-hydrogen) atoms. The van der Waals surface area contributed by atoms with E-state index in [-0.39, 0.29) is 121 Å². The Labute approximate surface area is 209 Å². The first-order chi connectivity index (χ1) is 5.66. The van der Waals surface area contributed by atoms with Crippen molar-refractivity contribution in [2.45, 2.75) is 0 Å². The van der Waals surface area contributed by atoms with E-state index in [9.17, 15) is 0 Å². The molecular weight excluding hydrogens is 550 g/mol. The molecule has 4 N–H and O–H groups in total. The Morgan fingerprint density at radius 3 is 0.600 bits per heavy atom. The summed E-state index contributed by atoms with van der Waals surface area (Å²) in [6, 6.07) is 0. The molecule has 0 amide bonds. The Bertz CT molecular complexity index is 80.6. The van der Waals surface area contributed by atoms with E-state index in [1.54, 1.807) is 0 Å². The topological polar surface area (TPSA) is 149 Å². The van der Waals surface area contributed by atoms with Gasteiger partial charge in [0.05, 0.1) is 0 Å². The Hall–Kier alpha value is 4.45. The predicted octanol–water partition coefficient (Wildman–Crippen LogP) is -6.06. The van der Waals surface area contributed by atoms with Gasteiger partial charge < -0.3 is 0 Å². The van der Waals surface area contributed by atoms with Crippen LogP contribution in [0.25, 0.3) is 0 Å². The molecule has 0 bridgehead atoms. The summed E-state index contributed by atoms with van der Waals surface area (Å²) in [4.78, 5) is 0. The van der Waals surface area contributed by atoms with Gasteiger partial charge in [0.25, 0.3) is 0 Å². The molecule has 0 aliphatic heterocycles. The quantitative estimate of drug-likeness (QED) is 0.215. The summed E-state index contributed by atoms with van der Waals surface area (Å²) in [7, 11) is 0. The Balaban J connectivity index is -0.0000000107. The predicted molar refractivity (Wildman–Crippen MR) is 51.7 cm³/mol. The summed E-state index contributed by atoms with van der Waals surface area (Å²) < 4.78 is 62.7. The van der Waals surface area contributed by atoms with E-state index in [2.05, 4.69) is 0 Å². The molecule has 15 heteroatoms.